The third kappa shape index (κ3) is 5.25. The van der Waals surface area contributed by atoms with Gasteiger partial charge in [-0.1, -0.05) is 19.8 Å². The average molecular weight is 314 g/mol. The number of carbonyl (C=O) groups excluding carboxylic acids is 1. The first-order valence-corrected chi connectivity index (χ1v) is 7.74. The van der Waals surface area contributed by atoms with E-state index in [1.807, 2.05) is 24.3 Å². The summed E-state index contributed by atoms with van der Waals surface area (Å²) >= 11 is 0. The molecule has 6 nitrogen and oxygen atoms in total. The number of carbonyl (C=O) groups is 1. The zero-order chi connectivity index (χ0) is 16.5. The minimum absolute atomic E-state index is 0.142. The van der Waals surface area contributed by atoms with Crippen LogP contribution in [0.4, 0.5) is 11.6 Å². The van der Waals surface area contributed by atoms with Crippen LogP contribution in [0.3, 0.4) is 0 Å². The third-order valence-corrected chi connectivity index (χ3v) is 3.33. The molecule has 0 radical (unpaired) electrons. The Hall–Kier alpha value is -2.63. The molecule has 2 rings (SSSR count). The summed E-state index contributed by atoms with van der Waals surface area (Å²) < 4.78 is 5.11. The molecular weight excluding hydrogens is 292 g/mol. The molecule has 1 aromatic heterocycles. The lowest BCUT2D eigenvalue weighted by Crippen LogP contribution is -2.24. The number of hydrogen-bond acceptors (Lipinski definition) is 5. The van der Waals surface area contributed by atoms with E-state index in [0.29, 0.717) is 18.1 Å². The molecule has 1 aromatic carbocycles. The summed E-state index contributed by atoms with van der Waals surface area (Å²) in [6, 6.07) is 7.44. The molecule has 0 saturated heterocycles. The fourth-order valence-corrected chi connectivity index (χ4v) is 1.99. The van der Waals surface area contributed by atoms with Crippen LogP contribution in [0.2, 0.25) is 0 Å². The lowest BCUT2D eigenvalue weighted by atomic mass is 10.2. The number of ether oxygens (including phenoxy) is 1. The first-order valence-electron chi connectivity index (χ1n) is 7.74. The fraction of sp³-hybridized carbons (Fsp3) is 0.353. The van der Waals surface area contributed by atoms with Gasteiger partial charge in [0.2, 0.25) is 5.95 Å². The molecule has 0 atom stereocenters. The highest BCUT2D eigenvalue weighted by atomic mass is 16.5. The summed E-state index contributed by atoms with van der Waals surface area (Å²) in [5, 5.41) is 5.93. The first-order chi connectivity index (χ1) is 11.2. The summed E-state index contributed by atoms with van der Waals surface area (Å²) in [5.74, 6) is 1.08. The Morgan fingerprint density at radius 2 is 1.83 bits per heavy atom. The molecule has 0 aliphatic carbocycles. The van der Waals surface area contributed by atoms with Gasteiger partial charge in [-0.25, -0.2) is 9.97 Å². The summed E-state index contributed by atoms with van der Waals surface area (Å²) in [6.07, 6.45) is 6.27. The maximum absolute atomic E-state index is 11.9. The number of unbranched alkanes of at least 4 members (excludes halogenated alkanes) is 2. The zero-order valence-electron chi connectivity index (χ0n) is 13.5. The molecule has 0 unspecified atom stereocenters. The van der Waals surface area contributed by atoms with Gasteiger partial charge in [-0.2, -0.15) is 0 Å². The fourth-order valence-electron chi connectivity index (χ4n) is 1.99. The van der Waals surface area contributed by atoms with Crippen LogP contribution >= 0.6 is 0 Å². The smallest absolute Gasteiger partial charge is 0.254 e. The van der Waals surface area contributed by atoms with Gasteiger partial charge in [-0.05, 0) is 30.7 Å². The van der Waals surface area contributed by atoms with E-state index in [1.165, 1.54) is 12.4 Å². The minimum atomic E-state index is -0.142. The Kier molecular flexibility index (Phi) is 6.35. The van der Waals surface area contributed by atoms with Crippen molar-refractivity contribution in [2.45, 2.75) is 26.2 Å². The van der Waals surface area contributed by atoms with Crippen molar-refractivity contribution in [3.8, 4) is 5.75 Å². The lowest BCUT2D eigenvalue weighted by Gasteiger charge is -2.07. The summed E-state index contributed by atoms with van der Waals surface area (Å²) in [6.45, 7) is 2.81. The zero-order valence-corrected chi connectivity index (χ0v) is 13.5. The van der Waals surface area contributed by atoms with Gasteiger partial charge >= 0.3 is 0 Å². The molecule has 0 saturated carbocycles. The molecule has 0 spiro atoms. The Balaban J connectivity index is 1.89. The molecule has 0 bridgehead atoms. The summed E-state index contributed by atoms with van der Waals surface area (Å²) in [4.78, 5) is 20.3. The van der Waals surface area contributed by atoms with Gasteiger partial charge in [-0.3, -0.25) is 4.79 Å². The van der Waals surface area contributed by atoms with E-state index in [0.717, 1.165) is 30.7 Å². The van der Waals surface area contributed by atoms with E-state index in [-0.39, 0.29) is 5.91 Å². The highest BCUT2D eigenvalue weighted by Crippen LogP contribution is 2.17. The van der Waals surface area contributed by atoms with Crippen LogP contribution in [-0.4, -0.2) is 29.5 Å². The van der Waals surface area contributed by atoms with Crippen molar-refractivity contribution in [2.75, 3.05) is 19.0 Å². The van der Waals surface area contributed by atoms with Crippen LogP contribution in [0, 0.1) is 0 Å². The lowest BCUT2D eigenvalue weighted by molar-refractivity contribution is 0.0952. The van der Waals surface area contributed by atoms with Crippen LogP contribution in [-0.2, 0) is 0 Å². The molecule has 0 fully saturated rings. The molecule has 23 heavy (non-hydrogen) atoms. The Morgan fingerprint density at radius 3 is 2.43 bits per heavy atom. The van der Waals surface area contributed by atoms with Crippen molar-refractivity contribution in [2.24, 2.45) is 0 Å². The number of methoxy groups -OCH3 is 1. The largest absolute Gasteiger partial charge is 0.497 e. The van der Waals surface area contributed by atoms with Crippen molar-refractivity contribution in [3.63, 3.8) is 0 Å². The molecule has 2 aromatic rings. The van der Waals surface area contributed by atoms with Gasteiger partial charge in [0.05, 0.1) is 12.7 Å². The number of benzene rings is 1. The number of hydrogen-bond donors (Lipinski definition) is 2. The van der Waals surface area contributed by atoms with Crippen LogP contribution in [0.25, 0.3) is 0 Å². The topological polar surface area (TPSA) is 76.1 Å². The first kappa shape index (κ1) is 16.7. The quantitative estimate of drug-likeness (QED) is 0.732. The molecule has 6 heteroatoms. The second-order valence-electron chi connectivity index (χ2n) is 5.11. The molecule has 2 N–H and O–H groups in total. The summed E-state index contributed by atoms with van der Waals surface area (Å²) in [5.41, 5.74) is 1.31. The van der Waals surface area contributed by atoms with E-state index in [2.05, 4.69) is 27.5 Å². The van der Waals surface area contributed by atoms with Crippen LogP contribution in [0.1, 0.15) is 36.5 Å². The van der Waals surface area contributed by atoms with Gasteiger partial charge in [0.1, 0.15) is 5.75 Å². The SMILES string of the molecule is CCCCCNC(=O)c1cnc(Nc2ccc(OC)cc2)nc1. The normalized spacial score (nSPS) is 10.2. The monoisotopic (exact) mass is 314 g/mol. The highest BCUT2D eigenvalue weighted by molar-refractivity contribution is 5.93. The third-order valence-electron chi connectivity index (χ3n) is 3.33. The van der Waals surface area contributed by atoms with Crippen LogP contribution in [0.5, 0.6) is 5.75 Å². The van der Waals surface area contributed by atoms with Crippen molar-refractivity contribution in [3.05, 3.63) is 42.2 Å². The van der Waals surface area contributed by atoms with Gasteiger partial charge in [0, 0.05) is 24.6 Å². The van der Waals surface area contributed by atoms with Crippen molar-refractivity contribution in [1.29, 1.82) is 0 Å². The molecular formula is C17H22N4O2. The Bertz CT molecular complexity index is 611. The molecule has 0 aliphatic heterocycles. The number of nitrogens with one attached hydrogen (secondary N) is 2. The number of rotatable bonds is 8. The van der Waals surface area contributed by atoms with E-state index in [9.17, 15) is 4.79 Å². The van der Waals surface area contributed by atoms with E-state index < -0.39 is 0 Å². The van der Waals surface area contributed by atoms with Crippen molar-refractivity contribution >= 4 is 17.5 Å². The highest BCUT2D eigenvalue weighted by Gasteiger charge is 2.06. The summed E-state index contributed by atoms with van der Waals surface area (Å²) in [7, 11) is 1.62. The Labute approximate surface area is 136 Å². The van der Waals surface area contributed by atoms with Crippen LogP contribution in [0.15, 0.2) is 36.7 Å². The average Bonchev–Trinajstić information content (AvgIpc) is 2.60. The number of amides is 1. The predicted octanol–water partition coefficient (Wildman–Crippen LogP) is 3.15. The second-order valence-corrected chi connectivity index (χ2v) is 5.11. The van der Waals surface area contributed by atoms with Crippen LogP contribution < -0.4 is 15.4 Å². The maximum Gasteiger partial charge on any atom is 0.254 e. The maximum atomic E-state index is 11.9. The van der Waals surface area contributed by atoms with Gasteiger partial charge in [0.15, 0.2) is 0 Å². The van der Waals surface area contributed by atoms with Crippen molar-refractivity contribution < 1.29 is 9.53 Å². The van der Waals surface area contributed by atoms with Crippen molar-refractivity contribution in [1.82, 2.24) is 15.3 Å². The number of aromatic nitrogens is 2. The number of anilines is 2. The molecule has 0 aliphatic rings. The van der Waals surface area contributed by atoms with E-state index >= 15 is 0 Å². The van der Waals surface area contributed by atoms with Gasteiger partial charge in [-0.15, -0.1) is 0 Å². The standard InChI is InChI=1S/C17H22N4O2/c1-3-4-5-10-18-16(22)13-11-19-17(20-12-13)21-14-6-8-15(23-2)9-7-14/h6-9,11-12H,3-5,10H2,1-2H3,(H,18,22)(H,19,20,21). The number of nitrogens with zero attached hydrogens (tertiary/aromatic N) is 2. The molecule has 1 heterocycles. The second kappa shape index (κ2) is 8.73. The predicted molar refractivity (Wildman–Crippen MR) is 90.2 cm³/mol. The van der Waals surface area contributed by atoms with E-state index in [4.69, 9.17) is 4.74 Å². The van der Waals surface area contributed by atoms with E-state index in [1.54, 1.807) is 7.11 Å². The molecule has 1 amide bonds. The Morgan fingerprint density at radius 1 is 1.13 bits per heavy atom. The minimum Gasteiger partial charge on any atom is -0.497 e. The molecule has 122 valence electrons. The van der Waals surface area contributed by atoms with Gasteiger partial charge < -0.3 is 15.4 Å². The van der Waals surface area contributed by atoms with Gasteiger partial charge in [0.25, 0.3) is 5.91 Å².